The summed E-state index contributed by atoms with van der Waals surface area (Å²) in [4.78, 5) is 11.1. The molecule has 0 aliphatic carbocycles. The number of hydrogen-bond acceptors (Lipinski definition) is 4. The van der Waals surface area contributed by atoms with Crippen molar-refractivity contribution < 1.29 is 4.79 Å². The maximum Gasteiger partial charge on any atom is 0.236 e. The smallest absolute Gasteiger partial charge is 0.236 e. The van der Waals surface area contributed by atoms with Gasteiger partial charge in [-0.15, -0.1) is 0 Å². The summed E-state index contributed by atoms with van der Waals surface area (Å²) in [5.74, 6) is 4.83. The first-order valence-corrected chi connectivity index (χ1v) is 5.64. The Morgan fingerprint density at radius 3 is 2.88 bits per heavy atom. The Hall–Kier alpha value is -1.59. The first kappa shape index (κ1) is 11.9. The number of hydrazone groups is 1. The van der Waals surface area contributed by atoms with E-state index < -0.39 is 0 Å². The van der Waals surface area contributed by atoms with E-state index in [2.05, 4.69) is 16.0 Å². The molecule has 1 amide bonds. The highest BCUT2D eigenvalue weighted by molar-refractivity contribution is 6.30. The van der Waals surface area contributed by atoms with Crippen LogP contribution in [0.4, 0.5) is 0 Å². The molecule has 5 nitrogen and oxygen atoms in total. The third-order valence-electron chi connectivity index (χ3n) is 2.59. The van der Waals surface area contributed by atoms with Crippen molar-refractivity contribution in [2.45, 2.75) is 18.9 Å². The van der Waals surface area contributed by atoms with Gasteiger partial charge in [-0.05, 0) is 17.7 Å². The Bertz CT molecular complexity index is 443. The van der Waals surface area contributed by atoms with E-state index in [9.17, 15) is 4.79 Å². The van der Waals surface area contributed by atoms with Crippen molar-refractivity contribution >= 4 is 23.2 Å². The van der Waals surface area contributed by atoms with Gasteiger partial charge in [0.25, 0.3) is 0 Å². The Labute approximate surface area is 104 Å². The molecule has 0 saturated carbocycles. The van der Waals surface area contributed by atoms with Crippen LogP contribution in [-0.2, 0) is 4.79 Å². The summed E-state index contributed by atoms with van der Waals surface area (Å²) < 4.78 is 0. The third kappa shape index (κ3) is 2.95. The average molecular weight is 253 g/mol. The second-order valence-electron chi connectivity index (χ2n) is 3.87. The number of nitrogens with one attached hydrogen (secondary N) is 2. The molecular weight excluding hydrogens is 240 g/mol. The van der Waals surface area contributed by atoms with Crippen LogP contribution in [-0.4, -0.2) is 17.7 Å². The van der Waals surface area contributed by atoms with Crippen LogP contribution in [0.15, 0.2) is 29.4 Å². The number of hydrogen-bond donors (Lipinski definition) is 3. The summed E-state index contributed by atoms with van der Waals surface area (Å²) in [5, 5.41) is 4.90. The van der Waals surface area contributed by atoms with E-state index >= 15 is 0 Å². The van der Waals surface area contributed by atoms with E-state index in [0.29, 0.717) is 17.9 Å². The molecular formula is C11H13ClN4O. The number of halogens is 1. The molecule has 0 fully saturated rings. The number of nitrogens with two attached hydrogens (primary N) is 1. The highest BCUT2D eigenvalue weighted by Gasteiger charge is 2.21. The predicted octanol–water partition coefficient (Wildman–Crippen LogP) is 0.786. The largest absolute Gasteiger partial charge is 0.306 e. The van der Waals surface area contributed by atoms with Gasteiger partial charge in [-0.3, -0.25) is 10.2 Å². The Balaban J connectivity index is 1.97. The predicted molar refractivity (Wildman–Crippen MR) is 66.5 cm³/mol. The first-order valence-electron chi connectivity index (χ1n) is 5.26. The van der Waals surface area contributed by atoms with Gasteiger partial charge in [0.2, 0.25) is 5.91 Å². The minimum Gasteiger partial charge on any atom is -0.306 e. The number of rotatable bonds is 3. The van der Waals surface area contributed by atoms with E-state index in [0.717, 1.165) is 11.3 Å². The maximum atomic E-state index is 11.1. The van der Waals surface area contributed by atoms with Gasteiger partial charge in [0.15, 0.2) is 0 Å². The lowest BCUT2D eigenvalue weighted by Crippen LogP contribution is -2.35. The van der Waals surface area contributed by atoms with Crippen molar-refractivity contribution in [1.82, 2.24) is 10.9 Å². The first-order chi connectivity index (χ1) is 8.19. The Kier molecular flexibility index (Phi) is 3.61. The zero-order valence-corrected chi connectivity index (χ0v) is 9.87. The fraction of sp³-hybridized carbons (Fsp3) is 0.273. The molecule has 6 heteroatoms. The SMILES string of the molecule is NNC(=O)C[C@H]1CC(c2ccc(Cl)cc2)=NN1. The topological polar surface area (TPSA) is 79.5 Å². The molecule has 0 bridgehead atoms. The third-order valence-corrected chi connectivity index (χ3v) is 2.84. The van der Waals surface area contributed by atoms with Crippen LogP contribution in [0.1, 0.15) is 18.4 Å². The summed E-state index contributed by atoms with van der Waals surface area (Å²) in [6, 6.07) is 7.46. The summed E-state index contributed by atoms with van der Waals surface area (Å²) >= 11 is 5.81. The quantitative estimate of drug-likeness (QED) is 0.423. The number of benzene rings is 1. The number of nitrogens with zero attached hydrogens (tertiary/aromatic N) is 1. The van der Waals surface area contributed by atoms with E-state index in [1.807, 2.05) is 24.3 Å². The number of amides is 1. The second-order valence-corrected chi connectivity index (χ2v) is 4.30. The van der Waals surface area contributed by atoms with Crippen LogP contribution in [0, 0.1) is 0 Å². The van der Waals surface area contributed by atoms with Crippen LogP contribution >= 0.6 is 11.6 Å². The molecule has 0 saturated heterocycles. The molecule has 0 unspecified atom stereocenters. The molecule has 1 atom stereocenters. The van der Waals surface area contributed by atoms with Crippen molar-refractivity contribution in [1.29, 1.82) is 0 Å². The zero-order chi connectivity index (χ0) is 12.3. The van der Waals surface area contributed by atoms with Crippen molar-refractivity contribution in [3.63, 3.8) is 0 Å². The van der Waals surface area contributed by atoms with Crippen molar-refractivity contribution in [3.05, 3.63) is 34.9 Å². The fourth-order valence-electron chi connectivity index (χ4n) is 1.72. The molecule has 0 spiro atoms. The molecule has 1 aliphatic heterocycles. The fourth-order valence-corrected chi connectivity index (χ4v) is 1.85. The number of hydrazine groups is 1. The maximum absolute atomic E-state index is 11.1. The molecule has 17 heavy (non-hydrogen) atoms. The van der Waals surface area contributed by atoms with Gasteiger partial charge in [-0.2, -0.15) is 5.10 Å². The van der Waals surface area contributed by atoms with Crippen molar-refractivity contribution in [3.8, 4) is 0 Å². The Morgan fingerprint density at radius 1 is 1.53 bits per heavy atom. The van der Waals surface area contributed by atoms with E-state index in [1.54, 1.807) is 0 Å². The monoisotopic (exact) mass is 252 g/mol. The summed E-state index contributed by atoms with van der Waals surface area (Å²) in [6.45, 7) is 0. The van der Waals surface area contributed by atoms with Crippen LogP contribution in [0.2, 0.25) is 5.02 Å². The molecule has 1 aromatic rings. The van der Waals surface area contributed by atoms with E-state index in [1.165, 1.54) is 0 Å². The summed E-state index contributed by atoms with van der Waals surface area (Å²) in [5.41, 5.74) is 6.97. The van der Waals surface area contributed by atoms with Gasteiger partial charge in [0.05, 0.1) is 18.2 Å². The van der Waals surface area contributed by atoms with Crippen LogP contribution in [0.3, 0.4) is 0 Å². The highest BCUT2D eigenvalue weighted by Crippen LogP contribution is 2.16. The van der Waals surface area contributed by atoms with Gasteiger partial charge in [-0.1, -0.05) is 23.7 Å². The summed E-state index contributed by atoms with van der Waals surface area (Å²) in [6.07, 6.45) is 1.02. The van der Waals surface area contributed by atoms with E-state index in [-0.39, 0.29) is 11.9 Å². The van der Waals surface area contributed by atoms with Gasteiger partial charge < -0.3 is 5.43 Å². The number of carbonyl (C=O) groups excluding carboxylic acids is 1. The van der Waals surface area contributed by atoms with Gasteiger partial charge in [0, 0.05) is 11.4 Å². The lowest BCUT2D eigenvalue weighted by molar-refractivity contribution is -0.121. The van der Waals surface area contributed by atoms with Crippen LogP contribution in [0.25, 0.3) is 0 Å². The van der Waals surface area contributed by atoms with Crippen molar-refractivity contribution in [2.75, 3.05) is 0 Å². The molecule has 2 rings (SSSR count). The van der Waals surface area contributed by atoms with Gasteiger partial charge >= 0.3 is 0 Å². The molecule has 0 aromatic heterocycles. The molecule has 1 aliphatic rings. The molecule has 1 aromatic carbocycles. The lowest BCUT2D eigenvalue weighted by Gasteiger charge is -2.07. The van der Waals surface area contributed by atoms with Crippen molar-refractivity contribution in [2.24, 2.45) is 10.9 Å². The zero-order valence-electron chi connectivity index (χ0n) is 9.11. The highest BCUT2D eigenvalue weighted by atomic mass is 35.5. The van der Waals surface area contributed by atoms with E-state index in [4.69, 9.17) is 17.4 Å². The molecule has 90 valence electrons. The van der Waals surface area contributed by atoms with Crippen LogP contribution in [0.5, 0.6) is 0 Å². The molecule has 4 N–H and O–H groups in total. The molecule has 1 heterocycles. The van der Waals surface area contributed by atoms with Gasteiger partial charge in [0.1, 0.15) is 0 Å². The van der Waals surface area contributed by atoms with Crippen LogP contribution < -0.4 is 16.7 Å². The number of carbonyl (C=O) groups is 1. The van der Waals surface area contributed by atoms with Gasteiger partial charge in [-0.25, -0.2) is 5.84 Å². The normalized spacial score (nSPS) is 18.5. The minimum atomic E-state index is -0.199. The average Bonchev–Trinajstić information content (AvgIpc) is 2.78. The standard InChI is InChI=1S/C11H13ClN4O/c12-8-3-1-7(2-4-8)10-5-9(15-16-10)6-11(17)14-13/h1-4,9,15H,5-6,13H2,(H,14,17)/t9-/m1/s1. The summed E-state index contributed by atoms with van der Waals surface area (Å²) in [7, 11) is 0. The lowest BCUT2D eigenvalue weighted by atomic mass is 10.0. The Morgan fingerprint density at radius 2 is 2.24 bits per heavy atom. The molecule has 0 radical (unpaired) electrons. The second kappa shape index (κ2) is 5.16. The minimum absolute atomic E-state index is 0.00391.